The SMILES string of the molecule is C=C(Cc1ccc(-c2ccc(O)c3c2C[C@@H]2C[C@@H]4C(N(C)C)C(O)C(C(N)=O)C(=O)[C@]4(O)C(=O)C2C3=O)cc1)CN1CCCCC1. The van der Waals surface area contributed by atoms with Crippen LogP contribution in [0.25, 0.3) is 11.1 Å². The lowest BCUT2D eigenvalue weighted by Gasteiger charge is -2.54. The van der Waals surface area contributed by atoms with E-state index < -0.39 is 64.7 Å². The molecular formula is C36H43N3O7. The van der Waals surface area contributed by atoms with Gasteiger partial charge in [-0.05, 0) is 93.5 Å². The van der Waals surface area contributed by atoms with E-state index in [-0.39, 0.29) is 24.2 Å². The van der Waals surface area contributed by atoms with Crippen LogP contribution in [0.3, 0.4) is 0 Å². The van der Waals surface area contributed by atoms with Crippen molar-refractivity contribution in [3.05, 3.63) is 65.2 Å². The fourth-order valence-electron chi connectivity index (χ4n) is 8.67. The second-order valence-corrected chi connectivity index (χ2v) is 13.9. The number of primary amides is 1. The van der Waals surface area contributed by atoms with E-state index in [4.69, 9.17) is 5.73 Å². The van der Waals surface area contributed by atoms with E-state index in [1.165, 1.54) is 25.3 Å². The van der Waals surface area contributed by atoms with Crippen molar-refractivity contribution >= 4 is 23.3 Å². The van der Waals surface area contributed by atoms with Crippen molar-refractivity contribution < 1.29 is 34.5 Å². The molecule has 1 amide bonds. The van der Waals surface area contributed by atoms with Crippen molar-refractivity contribution in [3.8, 4) is 16.9 Å². The first-order valence-electron chi connectivity index (χ1n) is 16.2. The maximum Gasteiger partial charge on any atom is 0.230 e. The van der Waals surface area contributed by atoms with Crippen molar-refractivity contribution in [1.29, 1.82) is 0 Å². The van der Waals surface area contributed by atoms with Gasteiger partial charge in [0.05, 0.1) is 17.6 Å². The Hall–Kier alpha value is -3.70. The summed E-state index contributed by atoms with van der Waals surface area (Å²) < 4.78 is 0. The number of likely N-dealkylation sites (tertiary alicyclic amines) is 1. The van der Waals surface area contributed by atoms with Crippen molar-refractivity contribution in [3.63, 3.8) is 0 Å². The molecule has 244 valence electrons. The smallest absolute Gasteiger partial charge is 0.230 e. The summed E-state index contributed by atoms with van der Waals surface area (Å²) in [5, 5.41) is 33.8. The van der Waals surface area contributed by atoms with E-state index in [0.29, 0.717) is 5.56 Å². The zero-order valence-electron chi connectivity index (χ0n) is 26.4. The highest BCUT2D eigenvalue weighted by Gasteiger charge is 2.69. The lowest BCUT2D eigenvalue weighted by molar-refractivity contribution is -0.190. The van der Waals surface area contributed by atoms with Gasteiger partial charge in [0.15, 0.2) is 23.0 Å². The Morgan fingerprint density at radius 1 is 1.04 bits per heavy atom. The summed E-state index contributed by atoms with van der Waals surface area (Å²) >= 11 is 0. The van der Waals surface area contributed by atoms with E-state index in [2.05, 4.69) is 11.5 Å². The second kappa shape index (κ2) is 12.2. The van der Waals surface area contributed by atoms with Gasteiger partial charge in [0.25, 0.3) is 0 Å². The largest absolute Gasteiger partial charge is 0.507 e. The Balaban J connectivity index is 1.31. The lowest BCUT2D eigenvalue weighted by Crippen LogP contribution is -2.75. The highest BCUT2D eigenvalue weighted by Crippen LogP contribution is 2.52. The molecule has 6 rings (SSSR count). The number of nitrogens with zero attached hydrogens (tertiary/aromatic N) is 2. The highest BCUT2D eigenvalue weighted by molar-refractivity contribution is 6.25. The molecule has 3 aliphatic carbocycles. The van der Waals surface area contributed by atoms with Crippen molar-refractivity contribution in [1.82, 2.24) is 9.80 Å². The molecule has 2 aromatic carbocycles. The van der Waals surface area contributed by atoms with E-state index in [9.17, 15) is 34.5 Å². The van der Waals surface area contributed by atoms with Gasteiger partial charge in [0, 0.05) is 18.5 Å². The van der Waals surface area contributed by atoms with Gasteiger partial charge in [-0.15, -0.1) is 0 Å². The number of amides is 1. The van der Waals surface area contributed by atoms with Gasteiger partial charge >= 0.3 is 0 Å². The fourth-order valence-corrected chi connectivity index (χ4v) is 8.67. The Morgan fingerprint density at radius 2 is 1.72 bits per heavy atom. The molecule has 2 aromatic rings. The van der Waals surface area contributed by atoms with Crippen molar-refractivity contribution in [2.75, 3.05) is 33.7 Å². The number of nitrogens with two attached hydrogens (primary N) is 1. The number of ketones is 3. The Bertz CT molecular complexity index is 1600. The Labute approximate surface area is 268 Å². The van der Waals surface area contributed by atoms with Crippen LogP contribution in [0.1, 0.15) is 47.2 Å². The van der Waals surface area contributed by atoms with Crippen LogP contribution < -0.4 is 5.73 Å². The number of fused-ring (bicyclic) bond motifs is 3. The fraction of sp³-hybridized carbons (Fsp3) is 0.500. The number of likely N-dealkylation sites (N-methyl/N-ethyl adjacent to an activating group) is 1. The third kappa shape index (κ3) is 5.21. The monoisotopic (exact) mass is 629 g/mol. The minimum Gasteiger partial charge on any atom is -0.507 e. The van der Waals surface area contributed by atoms with Gasteiger partial charge in [-0.3, -0.25) is 24.1 Å². The number of aliphatic hydroxyl groups excluding tert-OH is 1. The van der Waals surface area contributed by atoms with Crippen LogP contribution in [-0.4, -0.2) is 99.9 Å². The summed E-state index contributed by atoms with van der Waals surface area (Å²) in [5.41, 5.74) is 7.27. The molecule has 1 aliphatic heterocycles. The van der Waals surface area contributed by atoms with Crippen LogP contribution in [0.15, 0.2) is 48.6 Å². The maximum atomic E-state index is 14.1. The number of carbonyl (C=O) groups is 4. The molecule has 0 spiro atoms. The lowest BCUT2D eigenvalue weighted by atomic mass is 9.52. The molecule has 2 saturated carbocycles. The number of phenols is 1. The van der Waals surface area contributed by atoms with Gasteiger partial charge in [-0.2, -0.15) is 0 Å². The van der Waals surface area contributed by atoms with Crippen LogP contribution in [0.5, 0.6) is 5.75 Å². The number of hydrogen-bond donors (Lipinski definition) is 4. The standard InChI is InChI=1S/C36H43N3O7/c1-19(18-39-13-5-4-6-14-39)15-20-7-9-21(10-8-20)23-11-12-26(40)28-24(23)16-22-17-25-30(38(2)3)32(42)29(35(37)45)34(44)36(25,46)33(43)27(22)31(28)41/h7-12,22,25,27,29-30,32,40,42,46H,1,4-6,13-18H2,2-3H3,(H2,37,45)/t22-,25-,27?,29?,30?,32?,36-/m1/s1. The topological polar surface area (TPSA) is 161 Å². The summed E-state index contributed by atoms with van der Waals surface area (Å²) in [5.74, 6) is -9.11. The van der Waals surface area contributed by atoms with Crippen molar-refractivity contribution in [2.24, 2.45) is 29.4 Å². The van der Waals surface area contributed by atoms with Gasteiger partial charge < -0.3 is 26.0 Å². The van der Waals surface area contributed by atoms with E-state index in [1.807, 2.05) is 24.3 Å². The average Bonchev–Trinajstić information content (AvgIpc) is 3.00. The number of piperidine rings is 1. The highest BCUT2D eigenvalue weighted by atomic mass is 16.3. The molecule has 10 heteroatoms. The average molecular weight is 630 g/mol. The van der Waals surface area contributed by atoms with Gasteiger partial charge in [-0.1, -0.05) is 48.9 Å². The normalized spacial score (nSPS) is 31.3. The summed E-state index contributed by atoms with van der Waals surface area (Å²) in [6.07, 6.45) is 3.28. The molecule has 1 heterocycles. The molecule has 46 heavy (non-hydrogen) atoms. The minimum atomic E-state index is -2.68. The molecule has 3 fully saturated rings. The number of hydrogen-bond acceptors (Lipinski definition) is 9. The number of carbonyl (C=O) groups excluding carboxylic acids is 4. The van der Waals surface area contributed by atoms with E-state index in [1.54, 1.807) is 25.1 Å². The van der Waals surface area contributed by atoms with Crippen molar-refractivity contribution in [2.45, 2.75) is 56.3 Å². The number of Topliss-reactive ketones (excluding diaryl/α,β-unsaturated/α-hetero) is 3. The molecule has 10 nitrogen and oxygen atoms in total. The molecule has 0 aromatic heterocycles. The summed E-state index contributed by atoms with van der Waals surface area (Å²) in [6.45, 7) is 7.40. The summed E-state index contributed by atoms with van der Waals surface area (Å²) in [6, 6.07) is 10.3. The number of benzene rings is 2. The Kier molecular flexibility index (Phi) is 8.52. The predicted octanol–water partition coefficient (Wildman–Crippen LogP) is 1.91. The first-order valence-corrected chi connectivity index (χ1v) is 16.2. The summed E-state index contributed by atoms with van der Waals surface area (Å²) in [7, 11) is 3.26. The molecule has 5 N–H and O–H groups in total. The van der Waals surface area contributed by atoms with E-state index in [0.717, 1.165) is 48.3 Å². The van der Waals surface area contributed by atoms with Crippen LogP contribution in [0.2, 0.25) is 0 Å². The molecular weight excluding hydrogens is 586 g/mol. The zero-order valence-corrected chi connectivity index (χ0v) is 26.4. The van der Waals surface area contributed by atoms with Crippen LogP contribution in [0, 0.1) is 23.7 Å². The first kappa shape index (κ1) is 32.2. The first-order chi connectivity index (χ1) is 21.8. The molecule has 7 atom stereocenters. The number of aromatic hydroxyl groups is 1. The molecule has 4 aliphatic rings. The molecule has 1 saturated heterocycles. The van der Waals surface area contributed by atoms with Crippen LogP contribution >= 0.6 is 0 Å². The minimum absolute atomic E-state index is 0.00652. The number of phenolic OH excluding ortho intramolecular Hbond substituents is 1. The summed E-state index contributed by atoms with van der Waals surface area (Å²) in [4.78, 5) is 57.9. The van der Waals surface area contributed by atoms with Crippen LogP contribution in [-0.2, 0) is 27.2 Å². The van der Waals surface area contributed by atoms with Gasteiger partial charge in [-0.25, -0.2) is 0 Å². The number of rotatable bonds is 7. The maximum absolute atomic E-state index is 14.1. The molecule has 0 bridgehead atoms. The quantitative estimate of drug-likeness (QED) is 0.265. The van der Waals surface area contributed by atoms with E-state index >= 15 is 0 Å². The van der Waals surface area contributed by atoms with Gasteiger partial charge in [0.2, 0.25) is 5.91 Å². The second-order valence-electron chi connectivity index (χ2n) is 13.9. The number of aliphatic hydroxyl groups is 2. The van der Waals surface area contributed by atoms with Gasteiger partial charge in [0.1, 0.15) is 11.7 Å². The van der Waals surface area contributed by atoms with Crippen LogP contribution in [0.4, 0.5) is 0 Å². The molecule has 4 unspecified atom stereocenters. The third-order valence-electron chi connectivity index (χ3n) is 10.8. The predicted molar refractivity (Wildman–Crippen MR) is 171 cm³/mol. The molecule has 0 radical (unpaired) electrons. The zero-order chi connectivity index (χ0) is 33.1. The third-order valence-corrected chi connectivity index (χ3v) is 10.8. The Morgan fingerprint density at radius 3 is 2.35 bits per heavy atom.